The van der Waals surface area contributed by atoms with Gasteiger partial charge < -0.3 is 14.4 Å². The first-order chi connectivity index (χ1) is 11.6. The number of amides is 1. The minimum absolute atomic E-state index is 0.213. The van der Waals surface area contributed by atoms with E-state index in [1.165, 1.54) is 31.2 Å². The average Bonchev–Trinajstić information content (AvgIpc) is 3.09. The van der Waals surface area contributed by atoms with Gasteiger partial charge in [0.15, 0.2) is 11.6 Å². The second-order valence-electron chi connectivity index (χ2n) is 6.69. The minimum Gasteiger partial charge on any atom is -0.448 e. The molecule has 2 aliphatic rings. The highest BCUT2D eigenvalue weighted by atomic mass is 19.1. The number of hydrogen-bond donors (Lipinski definition) is 1. The van der Waals surface area contributed by atoms with Gasteiger partial charge in [-0.2, -0.15) is 0 Å². The smallest absolute Gasteiger partial charge is 0.276 e. The fourth-order valence-corrected chi connectivity index (χ4v) is 3.29. The number of aliphatic hydroxyl groups excluding tert-OH is 1. The molecular formula is C18H19FN2O3. The lowest BCUT2D eigenvalue weighted by Gasteiger charge is -2.23. The molecule has 0 radical (unpaired) electrons. The van der Waals surface area contributed by atoms with E-state index in [2.05, 4.69) is 4.98 Å². The summed E-state index contributed by atoms with van der Waals surface area (Å²) < 4.78 is 18.9. The van der Waals surface area contributed by atoms with Crippen LogP contribution in [0.15, 0.2) is 34.9 Å². The van der Waals surface area contributed by atoms with Crippen molar-refractivity contribution in [1.29, 1.82) is 0 Å². The number of carbonyl (C=O) groups excluding carboxylic acids is 1. The van der Waals surface area contributed by atoms with Crippen LogP contribution >= 0.6 is 0 Å². The summed E-state index contributed by atoms with van der Waals surface area (Å²) in [5, 5.41) is 10.00. The van der Waals surface area contributed by atoms with E-state index in [1.807, 2.05) is 0 Å². The molecule has 1 aromatic carbocycles. The number of oxazole rings is 1. The zero-order valence-electron chi connectivity index (χ0n) is 13.2. The first-order valence-electron chi connectivity index (χ1n) is 8.29. The summed E-state index contributed by atoms with van der Waals surface area (Å²) in [6, 6.07) is 5.80. The molecule has 2 aromatic rings. The largest absolute Gasteiger partial charge is 0.448 e. The van der Waals surface area contributed by atoms with E-state index in [-0.39, 0.29) is 30.0 Å². The third-order valence-corrected chi connectivity index (χ3v) is 4.70. The highest BCUT2D eigenvalue weighted by Crippen LogP contribution is 2.34. The summed E-state index contributed by atoms with van der Waals surface area (Å²) in [6.07, 6.45) is 4.29. The van der Waals surface area contributed by atoms with Crippen molar-refractivity contribution in [2.75, 3.05) is 6.54 Å². The summed E-state index contributed by atoms with van der Waals surface area (Å²) in [7, 11) is 0. The van der Waals surface area contributed by atoms with Gasteiger partial charge in [0.25, 0.3) is 5.91 Å². The Hall–Kier alpha value is -2.21. The van der Waals surface area contributed by atoms with E-state index >= 15 is 0 Å². The van der Waals surface area contributed by atoms with Crippen LogP contribution in [-0.2, 0) is 6.42 Å². The average molecular weight is 330 g/mol. The van der Waals surface area contributed by atoms with Crippen molar-refractivity contribution in [3.8, 4) is 0 Å². The van der Waals surface area contributed by atoms with Crippen molar-refractivity contribution in [2.45, 2.75) is 37.8 Å². The van der Waals surface area contributed by atoms with Gasteiger partial charge in [-0.3, -0.25) is 4.79 Å². The van der Waals surface area contributed by atoms with Crippen molar-refractivity contribution in [3.05, 3.63) is 53.5 Å². The Balaban J connectivity index is 1.56. The molecule has 1 amide bonds. The fourth-order valence-electron chi connectivity index (χ4n) is 3.29. The van der Waals surface area contributed by atoms with Crippen LogP contribution in [0.2, 0.25) is 0 Å². The second kappa shape index (κ2) is 6.02. The van der Waals surface area contributed by atoms with E-state index in [0.717, 1.165) is 6.42 Å². The van der Waals surface area contributed by atoms with Gasteiger partial charge in [-0.25, -0.2) is 9.37 Å². The number of hydrogen-bond acceptors (Lipinski definition) is 4. The normalized spacial score (nSPS) is 23.7. The number of aromatic nitrogens is 1. The van der Waals surface area contributed by atoms with Gasteiger partial charge in [-0.1, -0.05) is 12.1 Å². The van der Waals surface area contributed by atoms with Crippen molar-refractivity contribution in [2.24, 2.45) is 5.92 Å². The van der Waals surface area contributed by atoms with Gasteiger partial charge in [-0.05, 0) is 42.9 Å². The number of halogens is 1. The topological polar surface area (TPSA) is 66.6 Å². The first kappa shape index (κ1) is 15.3. The van der Waals surface area contributed by atoms with Crippen molar-refractivity contribution in [1.82, 2.24) is 9.88 Å². The molecule has 1 saturated heterocycles. The maximum absolute atomic E-state index is 13.5. The van der Waals surface area contributed by atoms with E-state index in [4.69, 9.17) is 4.42 Å². The van der Waals surface area contributed by atoms with Crippen LogP contribution in [0.25, 0.3) is 0 Å². The third-order valence-electron chi connectivity index (χ3n) is 4.70. The summed E-state index contributed by atoms with van der Waals surface area (Å²) in [5.74, 6) is 0.573. The van der Waals surface area contributed by atoms with Crippen LogP contribution in [0.1, 0.15) is 47.2 Å². The Morgan fingerprint density at radius 3 is 3.00 bits per heavy atom. The molecule has 0 spiro atoms. The van der Waals surface area contributed by atoms with Gasteiger partial charge in [0.2, 0.25) is 0 Å². The maximum atomic E-state index is 13.5. The summed E-state index contributed by atoms with van der Waals surface area (Å²) in [5.41, 5.74) is 0.933. The number of aliphatic hydroxyl groups is 1. The summed E-state index contributed by atoms with van der Waals surface area (Å²) >= 11 is 0. The Morgan fingerprint density at radius 1 is 1.42 bits per heavy atom. The number of β-amino-alcohol motifs (C(OH)–C–C–N with tert-alkyl or cyclic N) is 1. The highest BCUT2D eigenvalue weighted by molar-refractivity contribution is 5.92. The predicted octanol–water partition coefficient (Wildman–Crippen LogP) is 2.71. The Kier molecular flexibility index (Phi) is 3.84. The van der Waals surface area contributed by atoms with Crippen LogP contribution in [0.5, 0.6) is 0 Å². The molecule has 1 aromatic heterocycles. The van der Waals surface area contributed by atoms with Gasteiger partial charge in [0.1, 0.15) is 12.1 Å². The van der Waals surface area contributed by atoms with Gasteiger partial charge >= 0.3 is 0 Å². The maximum Gasteiger partial charge on any atom is 0.276 e. The molecule has 6 heteroatoms. The summed E-state index contributed by atoms with van der Waals surface area (Å²) in [6.45, 7) is 0.213. The highest BCUT2D eigenvalue weighted by Gasteiger charge is 2.37. The number of likely N-dealkylation sites (tertiary alicyclic amines) is 1. The Labute approximate surface area is 139 Å². The molecule has 2 heterocycles. The third kappa shape index (κ3) is 3.06. The zero-order chi connectivity index (χ0) is 16.7. The molecule has 1 aliphatic heterocycles. The molecule has 1 saturated carbocycles. The SMILES string of the molecule is O=C(c1coc(CC2CC2)n1)N1C[C@H](O)C[C@H]1c1cccc(F)c1. The molecule has 1 N–H and O–H groups in total. The molecular weight excluding hydrogens is 311 g/mol. The molecule has 0 unspecified atom stereocenters. The van der Waals surface area contributed by atoms with E-state index in [0.29, 0.717) is 23.8 Å². The van der Waals surface area contributed by atoms with E-state index in [1.54, 1.807) is 17.0 Å². The zero-order valence-corrected chi connectivity index (χ0v) is 13.2. The molecule has 1 aliphatic carbocycles. The van der Waals surface area contributed by atoms with Crippen molar-refractivity contribution in [3.63, 3.8) is 0 Å². The van der Waals surface area contributed by atoms with Crippen molar-refractivity contribution >= 4 is 5.91 Å². The number of nitrogens with zero attached hydrogens (tertiary/aromatic N) is 2. The van der Waals surface area contributed by atoms with Crippen LogP contribution in [0.3, 0.4) is 0 Å². The Morgan fingerprint density at radius 2 is 2.25 bits per heavy atom. The predicted molar refractivity (Wildman–Crippen MR) is 83.7 cm³/mol. The van der Waals surface area contributed by atoms with Gasteiger partial charge in [-0.15, -0.1) is 0 Å². The van der Waals surface area contributed by atoms with E-state index in [9.17, 15) is 14.3 Å². The first-order valence-corrected chi connectivity index (χ1v) is 8.29. The molecule has 2 fully saturated rings. The lowest BCUT2D eigenvalue weighted by Crippen LogP contribution is -2.32. The second-order valence-corrected chi connectivity index (χ2v) is 6.69. The monoisotopic (exact) mass is 330 g/mol. The van der Waals surface area contributed by atoms with Gasteiger partial charge in [0.05, 0.1) is 12.1 Å². The lowest BCUT2D eigenvalue weighted by atomic mass is 10.0. The van der Waals surface area contributed by atoms with Gasteiger partial charge in [0, 0.05) is 13.0 Å². The van der Waals surface area contributed by atoms with E-state index < -0.39 is 6.10 Å². The van der Waals surface area contributed by atoms with Crippen LogP contribution in [0.4, 0.5) is 4.39 Å². The van der Waals surface area contributed by atoms with Crippen LogP contribution in [-0.4, -0.2) is 33.5 Å². The fraction of sp³-hybridized carbons (Fsp3) is 0.444. The molecule has 4 rings (SSSR count). The molecule has 126 valence electrons. The van der Waals surface area contributed by atoms with Crippen molar-refractivity contribution < 1.29 is 18.7 Å². The Bertz CT molecular complexity index is 756. The molecule has 24 heavy (non-hydrogen) atoms. The lowest BCUT2D eigenvalue weighted by molar-refractivity contribution is 0.0709. The molecule has 5 nitrogen and oxygen atoms in total. The van der Waals surface area contributed by atoms with Crippen LogP contribution < -0.4 is 0 Å². The van der Waals surface area contributed by atoms with Crippen LogP contribution in [0, 0.1) is 11.7 Å². The number of carbonyl (C=O) groups is 1. The quantitative estimate of drug-likeness (QED) is 0.936. The summed E-state index contributed by atoms with van der Waals surface area (Å²) in [4.78, 5) is 18.6. The standard InChI is InChI=1S/C18H19FN2O3/c19-13-3-1-2-12(7-13)16-8-14(22)9-21(16)18(23)15-10-24-17(20-15)6-11-4-5-11/h1-3,7,10-11,14,16,22H,4-6,8-9H2/t14-,16+/m1/s1. The molecule has 0 bridgehead atoms. The number of rotatable bonds is 4. The minimum atomic E-state index is -0.625. The number of benzene rings is 1. The molecule has 2 atom stereocenters.